The first-order valence-corrected chi connectivity index (χ1v) is 11.3. The molecule has 1 atom stereocenters. The van der Waals surface area contributed by atoms with Gasteiger partial charge in [-0.1, -0.05) is 31.5 Å². The molecule has 1 aromatic rings. The van der Waals surface area contributed by atoms with Gasteiger partial charge in [-0.05, 0) is 31.4 Å². The van der Waals surface area contributed by atoms with Crippen LogP contribution in [0.25, 0.3) is 0 Å². The van der Waals surface area contributed by atoms with Gasteiger partial charge in [0.1, 0.15) is 0 Å². The van der Waals surface area contributed by atoms with Crippen molar-refractivity contribution in [2.45, 2.75) is 44.6 Å². The molecule has 0 spiro atoms. The third-order valence-electron chi connectivity index (χ3n) is 4.82. The van der Waals surface area contributed by atoms with Crippen molar-refractivity contribution in [2.24, 2.45) is 5.92 Å². The van der Waals surface area contributed by atoms with E-state index >= 15 is 0 Å². The zero-order chi connectivity index (χ0) is 19.9. The maximum atomic E-state index is 12.4. The van der Waals surface area contributed by atoms with Gasteiger partial charge in [-0.2, -0.15) is 0 Å². The van der Waals surface area contributed by atoms with Crippen LogP contribution in [0.1, 0.15) is 32.3 Å². The minimum absolute atomic E-state index is 0.0201. The van der Waals surface area contributed by atoms with Crippen molar-refractivity contribution in [3.05, 3.63) is 29.8 Å². The summed E-state index contributed by atoms with van der Waals surface area (Å²) in [6.45, 7) is 9.97. The zero-order valence-corrected chi connectivity index (χ0v) is 17.4. The first-order valence-electron chi connectivity index (χ1n) is 9.66. The molecule has 0 saturated carbocycles. The third-order valence-corrected chi connectivity index (χ3v) is 6.55. The number of hydrogen-bond donors (Lipinski definition) is 1. The molecule has 1 amide bonds. The highest BCUT2D eigenvalue weighted by molar-refractivity contribution is 7.91. The van der Waals surface area contributed by atoms with Gasteiger partial charge in [0.15, 0.2) is 9.84 Å². The number of ether oxygens (including phenoxy) is 1. The molecule has 1 saturated heterocycles. The molecular weight excluding hydrogens is 364 g/mol. The molecule has 0 bridgehead atoms. The lowest BCUT2D eigenvalue weighted by atomic mass is 10.0. The summed E-state index contributed by atoms with van der Waals surface area (Å²) in [5, 5.41) is 2.93. The van der Waals surface area contributed by atoms with E-state index in [4.69, 9.17) is 4.74 Å². The number of sulfone groups is 1. The molecule has 0 radical (unpaired) electrons. The molecule has 1 aliphatic heterocycles. The van der Waals surface area contributed by atoms with Crippen LogP contribution in [-0.4, -0.2) is 63.9 Å². The summed E-state index contributed by atoms with van der Waals surface area (Å²) < 4.78 is 30.2. The van der Waals surface area contributed by atoms with Crippen LogP contribution in [0.5, 0.6) is 0 Å². The molecule has 152 valence electrons. The highest BCUT2D eigenvalue weighted by Crippen LogP contribution is 2.14. The van der Waals surface area contributed by atoms with Crippen molar-refractivity contribution in [2.75, 3.05) is 38.6 Å². The number of carbonyl (C=O) groups is 1. The van der Waals surface area contributed by atoms with Gasteiger partial charge in [-0.15, -0.1) is 0 Å². The largest absolute Gasteiger partial charge is 0.379 e. The SMILES string of the molecule is Cc1ccc(S(=O)(=O)CCC(=O)NCC(CC(C)C)N2CCOCC2)cc1. The maximum Gasteiger partial charge on any atom is 0.221 e. The quantitative estimate of drug-likeness (QED) is 0.691. The number of nitrogens with one attached hydrogen (secondary N) is 1. The van der Waals surface area contributed by atoms with E-state index in [-0.39, 0.29) is 29.0 Å². The van der Waals surface area contributed by atoms with Gasteiger partial charge in [-0.25, -0.2) is 8.42 Å². The molecule has 0 aromatic heterocycles. The molecule has 1 N–H and O–H groups in total. The van der Waals surface area contributed by atoms with Gasteiger partial charge in [0.25, 0.3) is 0 Å². The van der Waals surface area contributed by atoms with Crippen molar-refractivity contribution in [3.63, 3.8) is 0 Å². The second kappa shape index (κ2) is 10.2. The van der Waals surface area contributed by atoms with Crippen molar-refractivity contribution < 1.29 is 17.9 Å². The van der Waals surface area contributed by atoms with E-state index in [1.807, 2.05) is 6.92 Å². The fourth-order valence-corrected chi connectivity index (χ4v) is 4.50. The highest BCUT2D eigenvalue weighted by atomic mass is 32.2. The zero-order valence-electron chi connectivity index (χ0n) is 16.6. The topological polar surface area (TPSA) is 75.7 Å². The average molecular weight is 397 g/mol. The second-order valence-corrected chi connectivity index (χ2v) is 9.73. The average Bonchev–Trinajstić information content (AvgIpc) is 2.64. The first kappa shape index (κ1) is 21.9. The lowest BCUT2D eigenvalue weighted by Gasteiger charge is -2.35. The Labute approximate surface area is 163 Å². The number of rotatable bonds is 9. The van der Waals surface area contributed by atoms with Crippen LogP contribution in [-0.2, 0) is 19.4 Å². The highest BCUT2D eigenvalue weighted by Gasteiger charge is 2.23. The Balaban J connectivity index is 1.85. The Hall–Kier alpha value is -1.44. The number of morpholine rings is 1. The summed E-state index contributed by atoms with van der Waals surface area (Å²) in [4.78, 5) is 14.9. The van der Waals surface area contributed by atoms with E-state index in [9.17, 15) is 13.2 Å². The van der Waals surface area contributed by atoms with Crippen LogP contribution in [0.4, 0.5) is 0 Å². The third kappa shape index (κ3) is 7.24. The molecule has 27 heavy (non-hydrogen) atoms. The molecule has 2 rings (SSSR count). The van der Waals surface area contributed by atoms with Crippen LogP contribution >= 0.6 is 0 Å². The molecule has 1 heterocycles. The maximum absolute atomic E-state index is 12.4. The fourth-order valence-electron chi connectivity index (χ4n) is 3.26. The van der Waals surface area contributed by atoms with Crippen LogP contribution in [0.15, 0.2) is 29.2 Å². The second-order valence-electron chi connectivity index (χ2n) is 7.62. The molecule has 1 fully saturated rings. The van der Waals surface area contributed by atoms with Crippen LogP contribution in [0, 0.1) is 12.8 Å². The van der Waals surface area contributed by atoms with Gasteiger partial charge >= 0.3 is 0 Å². The van der Waals surface area contributed by atoms with E-state index < -0.39 is 9.84 Å². The first-order chi connectivity index (χ1) is 12.8. The summed E-state index contributed by atoms with van der Waals surface area (Å²) in [6.07, 6.45) is 0.968. The molecule has 7 heteroatoms. The van der Waals surface area contributed by atoms with E-state index in [0.717, 1.165) is 38.3 Å². The number of benzene rings is 1. The Bertz CT molecular complexity index is 695. The molecule has 1 aromatic carbocycles. The monoisotopic (exact) mass is 396 g/mol. The Kier molecular flexibility index (Phi) is 8.26. The van der Waals surface area contributed by atoms with Crippen LogP contribution in [0.2, 0.25) is 0 Å². The van der Waals surface area contributed by atoms with Crippen molar-refractivity contribution in [1.82, 2.24) is 10.2 Å². The smallest absolute Gasteiger partial charge is 0.221 e. The Morgan fingerprint density at radius 1 is 1.19 bits per heavy atom. The predicted octanol–water partition coefficient (Wildman–Crippen LogP) is 2.02. The van der Waals surface area contributed by atoms with Gasteiger partial charge in [-0.3, -0.25) is 9.69 Å². The van der Waals surface area contributed by atoms with Crippen molar-refractivity contribution in [3.8, 4) is 0 Å². The summed E-state index contributed by atoms with van der Waals surface area (Å²) in [7, 11) is -3.44. The van der Waals surface area contributed by atoms with E-state index in [0.29, 0.717) is 12.5 Å². The number of amides is 1. The fraction of sp³-hybridized carbons (Fsp3) is 0.650. The minimum Gasteiger partial charge on any atom is -0.379 e. The minimum atomic E-state index is -3.44. The van der Waals surface area contributed by atoms with E-state index in [1.54, 1.807) is 24.3 Å². The van der Waals surface area contributed by atoms with Crippen LogP contribution < -0.4 is 5.32 Å². The molecule has 6 nitrogen and oxygen atoms in total. The number of nitrogens with zero attached hydrogens (tertiary/aromatic N) is 1. The molecule has 1 aliphatic rings. The summed E-state index contributed by atoms with van der Waals surface area (Å²) >= 11 is 0. The van der Waals surface area contributed by atoms with Crippen LogP contribution in [0.3, 0.4) is 0 Å². The van der Waals surface area contributed by atoms with E-state index in [1.165, 1.54) is 0 Å². The molecule has 0 aliphatic carbocycles. The number of carbonyl (C=O) groups excluding carboxylic acids is 1. The standard InChI is InChI=1S/C20H32N2O4S/c1-16(2)14-18(22-9-11-26-12-10-22)15-21-20(23)8-13-27(24,25)19-6-4-17(3)5-7-19/h4-7,16,18H,8-15H2,1-3H3,(H,21,23). The van der Waals surface area contributed by atoms with E-state index in [2.05, 4.69) is 24.1 Å². The molecule has 1 unspecified atom stereocenters. The normalized spacial score (nSPS) is 17.0. The van der Waals surface area contributed by atoms with Crippen molar-refractivity contribution >= 4 is 15.7 Å². The molecular formula is C20H32N2O4S. The Morgan fingerprint density at radius 3 is 2.41 bits per heavy atom. The number of aryl methyl sites for hydroxylation is 1. The Morgan fingerprint density at radius 2 is 1.81 bits per heavy atom. The van der Waals surface area contributed by atoms with Gasteiger partial charge < -0.3 is 10.1 Å². The van der Waals surface area contributed by atoms with Gasteiger partial charge in [0.05, 0.1) is 23.9 Å². The number of hydrogen-bond acceptors (Lipinski definition) is 5. The predicted molar refractivity (Wildman–Crippen MR) is 106 cm³/mol. The summed E-state index contributed by atoms with van der Waals surface area (Å²) in [5.41, 5.74) is 1.01. The van der Waals surface area contributed by atoms with Crippen molar-refractivity contribution in [1.29, 1.82) is 0 Å². The lowest BCUT2D eigenvalue weighted by Crippen LogP contribution is -2.49. The van der Waals surface area contributed by atoms with Gasteiger partial charge in [0.2, 0.25) is 5.91 Å². The summed E-state index contributed by atoms with van der Waals surface area (Å²) in [5.74, 6) is 0.137. The summed E-state index contributed by atoms with van der Waals surface area (Å²) in [6, 6.07) is 6.99. The lowest BCUT2D eigenvalue weighted by molar-refractivity contribution is -0.121. The van der Waals surface area contributed by atoms with Gasteiger partial charge in [0, 0.05) is 32.1 Å².